The number of carbonyl (C=O) groups is 1. The van der Waals surface area contributed by atoms with Gasteiger partial charge in [-0.2, -0.15) is 8.42 Å². The molecule has 0 saturated heterocycles. The molecule has 0 unspecified atom stereocenters. The Hall–Kier alpha value is -1.92. The molecule has 0 aliphatic heterocycles. The molecular formula is C13H12O5S. The average molecular weight is 280 g/mol. The summed E-state index contributed by atoms with van der Waals surface area (Å²) in [6.45, 7) is 1.22. The standard InChI is InChI=1S/C13H12O5S/c1-9(14)8-18-13-7-11(19(15,16)17)6-10-4-2-3-5-12(10)13/h2-7H,8H2,1H3,(H,15,16,17). The van der Waals surface area contributed by atoms with Crippen molar-refractivity contribution in [1.82, 2.24) is 0 Å². The van der Waals surface area contributed by atoms with Gasteiger partial charge in [-0.15, -0.1) is 0 Å². The van der Waals surface area contributed by atoms with Gasteiger partial charge < -0.3 is 4.74 Å². The number of ketones is 1. The molecule has 6 heteroatoms. The number of hydrogen-bond donors (Lipinski definition) is 1. The Labute approximate surface area is 110 Å². The third-order valence-electron chi connectivity index (χ3n) is 2.53. The fourth-order valence-corrected chi connectivity index (χ4v) is 2.23. The highest BCUT2D eigenvalue weighted by Crippen LogP contribution is 2.29. The summed E-state index contributed by atoms with van der Waals surface area (Å²) >= 11 is 0. The van der Waals surface area contributed by atoms with Crippen LogP contribution in [0.1, 0.15) is 6.92 Å². The minimum absolute atomic E-state index is 0.154. The molecule has 100 valence electrons. The second-order valence-corrected chi connectivity index (χ2v) is 5.53. The molecule has 2 aromatic rings. The van der Waals surface area contributed by atoms with Crippen molar-refractivity contribution in [3.05, 3.63) is 36.4 Å². The maximum Gasteiger partial charge on any atom is 0.294 e. The summed E-state index contributed by atoms with van der Waals surface area (Å²) in [6.07, 6.45) is 0. The molecule has 2 rings (SSSR count). The SMILES string of the molecule is CC(=O)COc1cc(S(=O)(=O)O)cc2ccccc12. The van der Waals surface area contributed by atoms with Gasteiger partial charge in [0.2, 0.25) is 0 Å². The highest BCUT2D eigenvalue weighted by molar-refractivity contribution is 7.85. The minimum atomic E-state index is -4.32. The lowest BCUT2D eigenvalue weighted by atomic mass is 10.1. The van der Waals surface area contributed by atoms with Crippen molar-refractivity contribution in [3.63, 3.8) is 0 Å². The van der Waals surface area contributed by atoms with Gasteiger partial charge in [-0.05, 0) is 18.4 Å². The first-order valence-electron chi connectivity index (χ1n) is 5.50. The first kappa shape index (κ1) is 13.5. The van der Waals surface area contributed by atoms with E-state index in [2.05, 4.69) is 0 Å². The second kappa shape index (κ2) is 4.99. The van der Waals surface area contributed by atoms with Gasteiger partial charge in [-0.3, -0.25) is 9.35 Å². The van der Waals surface area contributed by atoms with E-state index in [0.29, 0.717) is 10.8 Å². The number of benzene rings is 2. The average Bonchev–Trinajstić information content (AvgIpc) is 2.34. The molecule has 0 aliphatic carbocycles. The summed E-state index contributed by atoms with van der Waals surface area (Å²) in [7, 11) is -4.32. The topological polar surface area (TPSA) is 80.7 Å². The zero-order valence-corrected chi connectivity index (χ0v) is 11.0. The lowest BCUT2D eigenvalue weighted by Crippen LogP contribution is -2.07. The second-order valence-electron chi connectivity index (χ2n) is 4.11. The lowest BCUT2D eigenvalue weighted by Gasteiger charge is -2.09. The molecule has 0 atom stereocenters. The Morgan fingerprint density at radius 1 is 1.26 bits per heavy atom. The fraction of sp³-hybridized carbons (Fsp3) is 0.154. The van der Waals surface area contributed by atoms with Crippen molar-refractivity contribution in [2.75, 3.05) is 6.61 Å². The minimum Gasteiger partial charge on any atom is -0.485 e. The van der Waals surface area contributed by atoms with Gasteiger partial charge in [-0.25, -0.2) is 0 Å². The van der Waals surface area contributed by atoms with Crippen LogP contribution in [0.25, 0.3) is 10.8 Å². The van der Waals surface area contributed by atoms with Crippen LogP contribution >= 0.6 is 0 Å². The van der Waals surface area contributed by atoms with Crippen LogP contribution in [0.15, 0.2) is 41.3 Å². The predicted molar refractivity (Wildman–Crippen MR) is 69.9 cm³/mol. The molecule has 0 fully saturated rings. The van der Waals surface area contributed by atoms with Gasteiger partial charge >= 0.3 is 0 Å². The molecule has 0 heterocycles. The zero-order valence-electron chi connectivity index (χ0n) is 10.2. The number of hydrogen-bond acceptors (Lipinski definition) is 4. The van der Waals surface area contributed by atoms with Crippen LogP contribution in [0, 0.1) is 0 Å². The van der Waals surface area contributed by atoms with Gasteiger partial charge in [0.1, 0.15) is 12.4 Å². The van der Waals surface area contributed by atoms with E-state index in [1.54, 1.807) is 24.3 Å². The van der Waals surface area contributed by atoms with E-state index in [0.717, 1.165) is 0 Å². The first-order valence-corrected chi connectivity index (χ1v) is 6.94. The van der Waals surface area contributed by atoms with Crippen LogP contribution in [0.3, 0.4) is 0 Å². The van der Waals surface area contributed by atoms with Crippen molar-refractivity contribution in [1.29, 1.82) is 0 Å². The number of carbonyl (C=O) groups excluding carboxylic acids is 1. The number of fused-ring (bicyclic) bond motifs is 1. The molecular weight excluding hydrogens is 268 g/mol. The smallest absolute Gasteiger partial charge is 0.294 e. The lowest BCUT2D eigenvalue weighted by molar-refractivity contribution is -0.118. The highest BCUT2D eigenvalue weighted by Gasteiger charge is 2.14. The Kier molecular flexibility index (Phi) is 3.55. The van der Waals surface area contributed by atoms with Gasteiger partial charge in [0.15, 0.2) is 5.78 Å². The van der Waals surface area contributed by atoms with Crippen molar-refractivity contribution >= 4 is 26.7 Å². The van der Waals surface area contributed by atoms with E-state index in [1.165, 1.54) is 19.1 Å². The van der Waals surface area contributed by atoms with Crippen molar-refractivity contribution in [2.45, 2.75) is 11.8 Å². The van der Waals surface area contributed by atoms with Gasteiger partial charge in [0.25, 0.3) is 10.1 Å². The maximum absolute atomic E-state index is 11.2. The third kappa shape index (κ3) is 3.10. The summed E-state index contributed by atoms with van der Waals surface area (Å²) in [4.78, 5) is 10.7. The molecule has 1 N–H and O–H groups in total. The Morgan fingerprint density at radius 2 is 1.95 bits per heavy atom. The molecule has 0 bridgehead atoms. The van der Waals surface area contributed by atoms with E-state index in [-0.39, 0.29) is 23.0 Å². The summed E-state index contributed by atoms with van der Waals surface area (Å²) in [6, 6.07) is 9.52. The van der Waals surface area contributed by atoms with E-state index >= 15 is 0 Å². The maximum atomic E-state index is 11.2. The molecule has 0 spiro atoms. The monoisotopic (exact) mass is 280 g/mol. The van der Waals surface area contributed by atoms with E-state index in [9.17, 15) is 13.2 Å². The largest absolute Gasteiger partial charge is 0.485 e. The molecule has 0 radical (unpaired) electrons. The predicted octanol–water partition coefficient (Wildman–Crippen LogP) is 2.05. The quantitative estimate of drug-likeness (QED) is 0.867. The number of rotatable bonds is 4. The van der Waals surface area contributed by atoms with Crippen LogP contribution < -0.4 is 4.74 Å². The Balaban J connectivity index is 2.61. The van der Waals surface area contributed by atoms with E-state index in [1.807, 2.05) is 0 Å². The van der Waals surface area contributed by atoms with Gasteiger partial charge in [0, 0.05) is 11.5 Å². The van der Waals surface area contributed by atoms with Gasteiger partial charge in [0.05, 0.1) is 4.90 Å². The van der Waals surface area contributed by atoms with Crippen LogP contribution in [-0.4, -0.2) is 25.4 Å². The first-order chi connectivity index (χ1) is 8.88. The van der Waals surface area contributed by atoms with E-state index < -0.39 is 10.1 Å². The Bertz CT molecular complexity index is 734. The van der Waals surface area contributed by atoms with Crippen LogP contribution in [0.2, 0.25) is 0 Å². The van der Waals surface area contributed by atoms with Crippen LogP contribution in [0.5, 0.6) is 5.75 Å². The van der Waals surface area contributed by atoms with Crippen LogP contribution in [-0.2, 0) is 14.9 Å². The normalized spacial score (nSPS) is 11.5. The Morgan fingerprint density at radius 3 is 2.58 bits per heavy atom. The molecule has 0 aliphatic rings. The number of ether oxygens (including phenoxy) is 1. The molecule has 19 heavy (non-hydrogen) atoms. The van der Waals surface area contributed by atoms with Crippen molar-refractivity contribution < 1.29 is 22.5 Å². The van der Waals surface area contributed by atoms with Crippen LogP contribution in [0.4, 0.5) is 0 Å². The molecule has 0 aromatic heterocycles. The highest BCUT2D eigenvalue weighted by atomic mass is 32.2. The van der Waals surface area contributed by atoms with Gasteiger partial charge in [-0.1, -0.05) is 24.3 Å². The summed E-state index contributed by atoms with van der Waals surface area (Å²) < 4.78 is 36.8. The molecule has 2 aromatic carbocycles. The molecule has 0 saturated carbocycles. The van der Waals surface area contributed by atoms with E-state index in [4.69, 9.17) is 9.29 Å². The van der Waals surface area contributed by atoms with Crippen molar-refractivity contribution in [3.8, 4) is 5.75 Å². The molecule has 5 nitrogen and oxygen atoms in total. The zero-order chi connectivity index (χ0) is 14.0. The van der Waals surface area contributed by atoms with Crippen molar-refractivity contribution in [2.24, 2.45) is 0 Å². The molecule has 0 amide bonds. The summed E-state index contributed by atoms with van der Waals surface area (Å²) in [5.41, 5.74) is 0. The number of Topliss-reactive ketones (excluding diaryl/α,β-unsaturated/α-hetero) is 1. The third-order valence-corrected chi connectivity index (χ3v) is 3.36. The summed E-state index contributed by atoms with van der Waals surface area (Å²) in [5, 5.41) is 1.28. The summed E-state index contributed by atoms with van der Waals surface area (Å²) in [5.74, 6) is 0.0715. The fourth-order valence-electron chi connectivity index (χ4n) is 1.70.